The fourth-order valence-corrected chi connectivity index (χ4v) is 3.38. The summed E-state index contributed by atoms with van der Waals surface area (Å²) in [6.45, 7) is 10.6. The highest BCUT2D eigenvalue weighted by atomic mass is 16.6. The summed E-state index contributed by atoms with van der Waals surface area (Å²) in [6, 6.07) is 8.37. The van der Waals surface area contributed by atoms with Crippen LogP contribution in [0, 0.1) is 6.92 Å². The maximum absolute atomic E-state index is 12.6. The predicted molar refractivity (Wildman–Crippen MR) is 103 cm³/mol. The molecule has 1 amide bonds. The van der Waals surface area contributed by atoms with Gasteiger partial charge in [-0.05, 0) is 47.0 Å². The lowest BCUT2D eigenvalue weighted by Crippen LogP contribution is -2.36. The third-order valence-corrected chi connectivity index (χ3v) is 4.67. The number of hydrogen-bond donors (Lipinski definition) is 1. The van der Waals surface area contributed by atoms with Gasteiger partial charge in [0.1, 0.15) is 11.4 Å². The zero-order chi connectivity index (χ0) is 18.9. The van der Waals surface area contributed by atoms with E-state index in [0.29, 0.717) is 6.54 Å². The summed E-state index contributed by atoms with van der Waals surface area (Å²) in [4.78, 5) is 22.7. The Morgan fingerprint density at radius 3 is 2.62 bits per heavy atom. The normalized spacial score (nSPS) is 17.6. The lowest BCUT2D eigenvalue weighted by atomic mass is 10.1. The van der Waals surface area contributed by atoms with Gasteiger partial charge in [-0.15, -0.1) is 0 Å². The van der Waals surface area contributed by atoms with Crippen molar-refractivity contribution < 1.29 is 9.53 Å². The van der Waals surface area contributed by atoms with Gasteiger partial charge in [-0.1, -0.05) is 36.8 Å². The molecule has 5 heteroatoms. The monoisotopic (exact) mass is 355 g/mol. The Kier molecular flexibility index (Phi) is 5.08. The number of imidazole rings is 1. The number of rotatable bonds is 3. The molecule has 0 bridgehead atoms. The molecule has 2 heterocycles. The molecule has 0 saturated carbocycles. The van der Waals surface area contributed by atoms with Crippen molar-refractivity contribution in [1.29, 1.82) is 0 Å². The molecule has 3 rings (SSSR count). The van der Waals surface area contributed by atoms with Crippen molar-refractivity contribution in [3.8, 4) is 11.3 Å². The number of carbonyl (C=O) groups excluding carboxylic acids is 1. The molecule has 0 radical (unpaired) electrons. The summed E-state index contributed by atoms with van der Waals surface area (Å²) in [5.74, 6) is 0.862. The molecule has 1 atom stereocenters. The van der Waals surface area contributed by atoms with Crippen LogP contribution >= 0.6 is 0 Å². The molecular weight excluding hydrogens is 326 g/mol. The Balaban J connectivity index is 1.89. The van der Waals surface area contributed by atoms with Crippen molar-refractivity contribution in [2.24, 2.45) is 0 Å². The number of likely N-dealkylation sites (tertiary alicyclic amines) is 1. The van der Waals surface area contributed by atoms with Gasteiger partial charge in [-0.2, -0.15) is 0 Å². The first-order valence-corrected chi connectivity index (χ1v) is 9.44. The highest BCUT2D eigenvalue weighted by Crippen LogP contribution is 2.34. The summed E-state index contributed by atoms with van der Waals surface area (Å²) in [5, 5.41) is 0. The minimum absolute atomic E-state index is 0.0469. The van der Waals surface area contributed by atoms with Crippen LogP contribution in [-0.4, -0.2) is 33.1 Å². The van der Waals surface area contributed by atoms with Crippen molar-refractivity contribution >= 4 is 6.09 Å². The number of nitrogens with zero attached hydrogens (tertiary/aromatic N) is 2. The average molecular weight is 355 g/mol. The number of aromatic nitrogens is 2. The maximum Gasteiger partial charge on any atom is 0.410 e. The van der Waals surface area contributed by atoms with Crippen molar-refractivity contribution in [1.82, 2.24) is 14.9 Å². The van der Waals surface area contributed by atoms with Crippen molar-refractivity contribution in [2.75, 3.05) is 6.54 Å². The van der Waals surface area contributed by atoms with Crippen LogP contribution in [0.15, 0.2) is 24.3 Å². The van der Waals surface area contributed by atoms with E-state index in [1.807, 2.05) is 25.7 Å². The fourth-order valence-electron chi connectivity index (χ4n) is 3.38. The third kappa shape index (κ3) is 3.92. The van der Waals surface area contributed by atoms with Crippen molar-refractivity contribution in [2.45, 2.75) is 65.5 Å². The van der Waals surface area contributed by atoms with Gasteiger partial charge in [0.2, 0.25) is 0 Å². The fraction of sp³-hybridized carbons (Fsp3) is 0.524. The highest BCUT2D eigenvalue weighted by Gasteiger charge is 2.35. The van der Waals surface area contributed by atoms with Crippen molar-refractivity contribution in [3.05, 3.63) is 41.3 Å². The molecule has 0 spiro atoms. The van der Waals surface area contributed by atoms with Crippen LogP contribution in [0.4, 0.5) is 4.79 Å². The molecule has 26 heavy (non-hydrogen) atoms. The lowest BCUT2D eigenvalue weighted by Gasteiger charge is -2.27. The van der Waals surface area contributed by atoms with Crippen LogP contribution < -0.4 is 0 Å². The number of carbonyl (C=O) groups is 1. The number of H-pyrrole nitrogens is 1. The van der Waals surface area contributed by atoms with E-state index in [0.717, 1.165) is 42.0 Å². The first-order valence-electron chi connectivity index (χ1n) is 9.44. The molecule has 1 aromatic heterocycles. The van der Waals surface area contributed by atoms with Gasteiger partial charge >= 0.3 is 6.09 Å². The van der Waals surface area contributed by atoms with E-state index >= 15 is 0 Å². The summed E-state index contributed by atoms with van der Waals surface area (Å²) >= 11 is 0. The van der Waals surface area contributed by atoms with Gasteiger partial charge < -0.3 is 9.72 Å². The topological polar surface area (TPSA) is 58.2 Å². The second kappa shape index (κ2) is 7.14. The molecule has 1 aliphatic heterocycles. The number of aryl methyl sites for hydroxylation is 2. The van der Waals surface area contributed by atoms with Crippen molar-refractivity contribution in [3.63, 3.8) is 0 Å². The number of aromatic amines is 1. The van der Waals surface area contributed by atoms with E-state index in [9.17, 15) is 4.79 Å². The van der Waals surface area contributed by atoms with E-state index in [1.165, 1.54) is 5.56 Å². The largest absolute Gasteiger partial charge is 0.444 e. The molecule has 5 nitrogen and oxygen atoms in total. The summed E-state index contributed by atoms with van der Waals surface area (Å²) in [5.41, 5.74) is 3.94. The molecule has 1 saturated heterocycles. The van der Waals surface area contributed by atoms with Gasteiger partial charge in [0.15, 0.2) is 0 Å². The maximum atomic E-state index is 12.6. The minimum Gasteiger partial charge on any atom is -0.444 e. The summed E-state index contributed by atoms with van der Waals surface area (Å²) in [6.07, 6.45) is 2.48. The third-order valence-electron chi connectivity index (χ3n) is 4.67. The smallest absolute Gasteiger partial charge is 0.410 e. The van der Waals surface area contributed by atoms with Gasteiger partial charge in [0.25, 0.3) is 0 Å². The molecule has 1 fully saturated rings. The minimum atomic E-state index is -0.491. The van der Waals surface area contributed by atoms with E-state index in [4.69, 9.17) is 9.72 Å². The molecular formula is C21H29N3O2. The van der Waals surface area contributed by atoms with E-state index in [1.54, 1.807) is 0 Å². The number of nitrogens with one attached hydrogen (secondary N) is 1. The molecule has 0 aliphatic carbocycles. The first-order chi connectivity index (χ1) is 12.3. The average Bonchev–Trinajstić information content (AvgIpc) is 3.20. The summed E-state index contributed by atoms with van der Waals surface area (Å²) in [7, 11) is 0. The standard InChI is InChI=1S/C21H29N3O2/c1-6-16-18(15-11-9-14(2)10-12-15)23-19(22-16)17-8-7-13-24(17)20(25)26-21(3,4)5/h9-12,17H,6-8,13H2,1-5H3,(H,22,23)/t17-/m0/s1. The molecule has 1 N–H and O–H groups in total. The Morgan fingerprint density at radius 2 is 2.00 bits per heavy atom. The lowest BCUT2D eigenvalue weighted by molar-refractivity contribution is 0.0218. The van der Waals surface area contributed by atoms with Crippen LogP contribution in [0.25, 0.3) is 11.3 Å². The highest BCUT2D eigenvalue weighted by molar-refractivity contribution is 5.69. The Morgan fingerprint density at radius 1 is 1.31 bits per heavy atom. The second-order valence-electron chi connectivity index (χ2n) is 8.00. The van der Waals surface area contributed by atoms with Crippen LogP contribution in [-0.2, 0) is 11.2 Å². The zero-order valence-corrected chi connectivity index (χ0v) is 16.4. The number of amides is 1. The molecule has 140 valence electrons. The van der Waals surface area contributed by atoms with Gasteiger partial charge in [0.05, 0.1) is 11.7 Å². The van der Waals surface area contributed by atoms with Gasteiger partial charge in [0, 0.05) is 17.8 Å². The quantitative estimate of drug-likeness (QED) is 0.841. The summed E-state index contributed by atoms with van der Waals surface area (Å²) < 4.78 is 5.58. The van der Waals surface area contributed by atoms with Crippen LogP contribution in [0.5, 0.6) is 0 Å². The van der Waals surface area contributed by atoms with Crippen LogP contribution in [0.1, 0.15) is 63.7 Å². The van der Waals surface area contributed by atoms with Gasteiger partial charge in [-0.25, -0.2) is 9.78 Å². The molecule has 0 unspecified atom stereocenters. The second-order valence-corrected chi connectivity index (χ2v) is 8.00. The van der Waals surface area contributed by atoms with Gasteiger partial charge in [-0.3, -0.25) is 4.90 Å². The van der Waals surface area contributed by atoms with Crippen LogP contribution in [0.2, 0.25) is 0 Å². The predicted octanol–water partition coefficient (Wildman–Crippen LogP) is 5.02. The Labute approximate surface area is 155 Å². The SMILES string of the molecule is CCc1[nH]c([C@@H]2CCCN2C(=O)OC(C)(C)C)nc1-c1ccc(C)cc1. The Bertz CT molecular complexity index is 772. The number of hydrogen-bond acceptors (Lipinski definition) is 3. The molecule has 1 aromatic carbocycles. The number of ether oxygens (including phenoxy) is 1. The molecule has 2 aromatic rings. The van der Waals surface area contributed by atoms with E-state index in [-0.39, 0.29) is 12.1 Å². The zero-order valence-electron chi connectivity index (χ0n) is 16.4. The number of benzene rings is 1. The van der Waals surface area contributed by atoms with Crippen LogP contribution in [0.3, 0.4) is 0 Å². The van der Waals surface area contributed by atoms with E-state index in [2.05, 4.69) is 43.1 Å². The molecule has 1 aliphatic rings. The first kappa shape index (κ1) is 18.5. The van der Waals surface area contributed by atoms with E-state index < -0.39 is 5.60 Å². The Hall–Kier alpha value is -2.30.